The van der Waals surface area contributed by atoms with Gasteiger partial charge in [-0.1, -0.05) is 18.2 Å². The van der Waals surface area contributed by atoms with Crippen LogP contribution in [0.25, 0.3) is 10.9 Å². The van der Waals surface area contributed by atoms with E-state index in [0.29, 0.717) is 5.56 Å². The van der Waals surface area contributed by atoms with E-state index in [2.05, 4.69) is 20.9 Å². The lowest BCUT2D eigenvalue weighted by molar-refractivity contribution is -0.142. The van der Waals surface area contributed by atoms with Crippen LogP contribution in [0.5, 0.6) is 0 Å². The second kappa shape index (κ2) is 12.7. The van der Waals surface area contributed by atoms with Gasteiger partial charge < -0.3 is 42.6 Å². The number of aromatic amines is 1. The molecule has 1 aromatic carbocycles. The van der Waals surface area contributed by atoms with Gasteiger partial charge in [-0.3, -0.25) is 19.2 Å². The van der Waals surface area contributed by atoms with Crippen molar-refractivity contribution in [2.75, 3.05) is 0 Å². The molecule has 5 atom stereocenters. The number of carbonyl (C=O) groups excluding carboxylic acids is 4. The number of aliphatic hydroxyl groups is 1. The monoisotopic (exact) mass is 504 g/mol. The molecule has 13 nitrogen and oxygen atoms in total. The van der Waals surface area contributed by atoms with Gasteiger partial charge in [0, 0.05) is 29.9 Å². The highest BCUT2D eigenvalue weighted by atomic mass is 16.4. The van der Waals surface area contributed by atoms with Crippen LogP contribution in [-0.2, 0) is 30.4 Å². The molecule has 0 aliphatic carbocycles. The number of aliphatic hydroxyl groups excluding tert-OH is 1. The number of primary amides is 1. The van der Waals surface area contributed by atoms with Gasteiger partial charge in [0.15, 0.2) is 0 Å². The van der Waals surface area contributed by atoms with E-state index in [9.17, 15) is 34.2 Å². The quantitative estimate of drug-likeness (QED) is 0.155. The number of hydrogen-bond donors (Lipinski definition) is 8. The zero-order valence-corrected chi connectivity index (χ0v) is 20.0. The minimum absolute atomic E-state index is 0.0405. The number of carboxylic acids is 1. The van der Waals surface area contributed by atoms with E-state index >= 15 is 0 Å². The van der Waals surface area contributed by atoms with Crippen molar-refractivity contribution < 1.29 is 34.2 Å². The van der Waals surface area contributed by atoms with Crippen molar-refractivity contribution in [3.63, 3.8) is 0 Å². The van der Waals surface area contributed by atoms with Gasteiger partial charge in [-0.05, 0) is 31.9 Å². The second-order valence-corrected chi connectivity index (χ2v) is 8.53. The van der Waals surface area contributed by atoms with E-state index in [1.165, 1.54) is 13.8 Å². The minimum atomic E-state index is -1.38. The first-order valence-electron chi connectivity index (χ1n) is 11.3. The van der Waals surface area contributed by atoms with E-state index in [0.717, 1.165) is 10.9 Å². The number of nitrogens with one attached hydrogen (secondary N) is 4. The van der Waals surface area contributed by atoms with E-state index < -0.39 is 59.9 Å². The van der Waals surface area contributed by atoms with Crippen molar-refractivity contribution in [2.45, 2.75) is 63.4 Å². The number of H-pyrrole nitrogens is 1. The number of para-hydroxylation sites is 1. The Labute approximate surface area is 207 Å². The number of aromatic nitrogens is 1. The average Bonchev–Trinajstić information content (AvgIpc) is 3.22. The second-order valence-electron chi connectivity index (χ2n) is 8.53. The standard InChI is InChI=1S/C23H32N6O7/c1-11(20(32)28-16(23(35)36)7-8-18(24)31)27-21(33)17(29-22(34)19(25)12(2)30)9-13-10-26-15-6-4-3-5-14(13)15/h3-6,10-12,16-17,19,26,30H,7-9,25H2,1-2H3,(H2,24,31)(H,27,33)(H,28,32)(H,29,34)(H,35,36). The summed E-state index contributed by atoms with van der Waals surface area (Å²) in [5.74, 6) is -4.38. The molecule has 0 saturated heterocycles. The number of amides is 4. The number of carbonyl (C=O) groups is 5. The Morgan fingerprint density at radius 2 is 1.61 bits per heavy atom. The summed E-state index contributed by atoms with van der Waals surface area (Å²) in [6.45, 7) is 2.68. The Morgan fingerprint density at radius 3 is 2.22 bits per heavy atom. The third-order valence-corrected chi connectivity index (χ3v) is 5.60. The van der Waals surface area contributed by atoms with Crippen molar-refractivity contribution in [1.82, 2.24) is 20.9 Å². The maximum absolute atomic E-state index is 13.1. The Balaban J connectivity index is 2.16. The first-order valence-corrected chi connectivity index (χ1v) is 11.3. The molecule has 0 spiro atoms. The number of rotatable bonds is 13. The Morgan fingerprint density at radius 1 is 0.972 bits per heavy atom. The molecule has 0 fully saturated rings. The fraction of sp³-hybridized carbons (Fsp3) is 0.435. The SMILES string of the molecule is CC(NC(=O)C(Cc1c[nH]c2ccccc12)NC(=O)C(N)C(C)O)C(=O)NC(CCC(N)=O)C(=O)O. The molecular weight excluding hydrogens is 472 g/mol. The summed E-state index contributed by atoms with van der Waals surface area (Å²) in [6.07, 6.45) is 0.102. The van der Waals surface area contributed by atoms with Crippen LogP contribution in [0.1, 0.15) is 32.3 Å². The van der Waals surface area contributed by atoms with Crippen LogP contribution in [0.4, 0.5) is 0 Å². The first kappa shape index (κ1) is 28.3. The maximum Gasteiger partial charge on any atom is 0.326 e. The zero-order valence-electron chi connectivity index (χ0n) is 20.0. The van der Waals surface area contributed by atoms with Crippen molar-refractivity contribution in [1.29, 1.82) is 0 Å². The van der Waals surface area contributed by atoms with Gasteiger partial charge in [0.25, 0.3) is 0 Å². The molecule has 2 aromatic rings. The maximum atomic E-state index is 13.1. The third kappa shape index (κ3) is 7.78. The molecular formula is C23H32N6O7. The number of fused-ring (bicyclic) bond motifs is 1. The van der Waals surface area contributed by atoms with E-state index in [1.54, 1.807) is 6.20 Å². The lowest BCUT2D eigenvalue weighted by Gasteiger charge is -2.24. The summed E-state index contributed by atoms with van der Waals surface area (Å²) in [5.41, 5.74) is 12.3. The number of hydrogen-bond acceptors (Lipinski definition) is 7. The van der Waals surface area contributed by atoms with Gasteiger partial charge in [-0.25, -0.2) is 4.79 Å². The Kier molecular flexibility index (Phi) is 9.93. The van der Waals surface area contributed by atoms with Crippen LogP contribution in [-0.4, -0.2) is 75.1 Å². The Bertz CT molecular complexity index is 1120. The predicted molar refractivity (Wildman–Crippen MR) is 129 cm³/mol. The molecule has 196 valence electrons. The molecule has 10 N–H and O–H groups in total. The van der Waals surface area contributed by atoms with Crippen LogP contribution in [0, 0.1) is 0 Å². The minimum Gasteiger partial charge on any atom is -0.480 e. The van der Waals surface area contributed by atoms with Crippen molar-refractivity contribution in [2.24, 2.45) is 11.5 Å². The number of nitrogens with two attached hydrogens (primary N) is 2. The largest absolute Gasteiger partial charge is 0.480 e. The normalized spacial score (nSPS) is 15.2. The summed E-state index contributed by atoms with van der Waals surface area (Å²) in [5, 5.41) is 27.0. The van der Waals surface area contributed by atoms with Crippen LogP contribution in [0.2, 0.25) is 0 Å². The molecule has 5 unspecified atom stereocenters. The molecule has 0 aliphatic heterocycles. The van der Waals surface area contributed by atoms with E-state index in [-0.39, 0.29) is 19.3 Å². The molecule has 0 aliphatic rings. The highest BCUT2D eigenvalue weighted by molar-refractivity contribution is 5.94. The summed E-state index contributed by atoms with van der Waals surface area (Å²) >= 11 is 0. The van der Waals surface area contributed by atoms with E-state index in [4.69, 9.17) is 11.5 Å². The molecule has 36 heavy (non-hydrogen) atoms. The van der Waals surface area contributed by atoms with Crippen molar-refractivity contribution >= 4 is 40.5 Å². The van der Waals surface area contributed by atoms with Gasteiger partial charge in [0.2, 0.25) is 23.6 Å². The Hall–Kier alpha value is -3.97. The van der Waals surface area contributed by atoms with Gasteiger partial charge >= 0.3 is 5.97 Å². The molecule has 1 heterocycles. The predicted octanol–water partition coefficient (Wildman–Crippen LogP) is -1.76. The summed E-state index contributed by atoms with van der Waals surface area (Å²) in [6, 6.07) is 2.33. The van der Waals surface area contributed by atoms with Crippen LogP contribution < -0.4 is 27.4 Å². The third-order valence-electron chi connectivity index (χ3n) is 5.60. The zero-order chi connectivity index (χ0) is 27.0. The number of benzene rings is 1. The van der Waals surface area contributed by atoms with Gasteiger partial charge in [0.05, 0.1) is 6.10 Å². The van der Waals surface area contributed by atoms with Crippen LogP contribution in [0.3, 0.4) is 0 Å². The highest BCUT2D eigenvalue weighted by Gasteiger charge is 2.30. The average molecular weight is 505 g/mol. The van der Waals surface area contributed by atoms with Crippen LogP contribution in [0.15, 0.2) is 30.5 Å². The lowest BCUT2D eigenvalue weighted by atomic mass is 10.0. The molecule has 13 heteroatoms. The van der Waals surface area contributed by atoms with Crippen LogP contribution >= 0.6 is 0 Å². The molecule has 2 rings (SSSR count). The van der Waals surface area contributed by atoms with Gasteiger partial charge in [0.1, 0.15) is 24.2 Å². The van der Waals surface area contributed by atoms with Crippen molar-refractivity contribution in [3.05, 3.63) is 36.0 Å². The summed E-state index contributed by atoms with van der Waals surface area (Å²) < 4.78 is 0. The summed E-state index contributed by atoms with van der Waals surface area (Å²) in [4.78, 5) is 63.5. The fourth-order valence-corrected chi connectivity index (χ4v) is 3.44. The van der Waals surface area contributed by atoms with Gasteiger partial charge in [-0.15, -0.1) is 0 Å². The van der Waals surface area contributed by atoms with Crippen molar-refractivity contribution in [3.8, 4) is 0 Å². The van der Waals surface area contributed by atoms with Gasteiger partial charge in [-0.2, -0.15) is 0 Å². The molecule has 0 saturated carbocycles. The first-order chi connectivity index (χ1) is 16.9. The lowest BCUT2D eigenvalue weighted by Crippen LogP contribution is -2.58. The summed E-state index contributed by atoms with van der Waals surface area (Å²) in [7, 11) is 0. The molecule has 0 radical (unpaired) electrons. The highest BCUT2D eigenvalue weighted by Crippen LogP contribution is 2.19. The molecule has 4 amide bonds. The fourth-order valence-electron chi connectivity index (χ4n) is 3.44. The van der Waals surface area contributed by atoms with E-state index in [1.807, 2.05) is 24.3 Å². The molecule has 1 aromatic heterocycles. The number of aliphatic carboxylic acids is 1. The molecule has 0 bridgehead atoms. The number of carboxylic acid groups (broad SMARTS) is 1. The topological polar surface area (TPSA) is 230 Å². The smallest absolute Gasteiger partial charge is 0.326 e.